The van der Waals surface area contributed by atoms with Gasteiger partial charge in [-0.25, -0.2) is 4.98 Å². The van der Waals surface area contributed by atoms with Crippen LogP contribution in [0.1, 0.15) is 30.5 Å². The van der Waals surface area contributed by atoms with Crippen molar-refractivity contribution >= 4 is 43.2 Å². The third-order valence-electron chi connectivity index (χ3n) is 2.48. The molecule has 0 aliphatic carbocycles. The molecule has 0 spiro atoms. The molecule has 1 atom stereocenters. The third kappa shape index (κ3) is 3.41. The predicted octanol–water partition coefficient (Wildman–Crippen LogP) is 4.76. The largest absolute Gasteiger partial charge is 0.302 e. The van der Waals surface area contributed by atoms with Gasteiger partial charge >= 0.3 is 0 Å². The summed E-state index contributed by atoms with van der Waals surface area (Å²) in [5.41, 5.74) is 1.22. The highest BCUT2D eigenvalue weighted by Crippen LogP contribution is 2.30. The number of halogens is 2. The molecule has 18 heavy (non-hydrogen) atoms. The number of thiazole rings is 1. The molecule has 1 N–H and O–H groups in total. The van der Waals surface area contributed by atoms with Gasteiger partial charge in [0.25, 0.3) is 0 Å². The van der Waals surface area contributed by atoms with E-state index in [9.17, 15) is 0 Å². The van der Waals surface area contributed by atoms with Crippen LogP contribution in [-0.2, 0) is 0 Å². The molecule has 96 valence electrons. The van der Waals surface area contributed by atoms with Gasteiger partial charge in [-0.2, -0.15) is 0 Å². The summed E-state index contributed by atoms with van der Waals surface area (Å²) in [5, 5.41) is 6.66. The molecule has 1 unspecified atom stereocenters. The van der Waals surface area contributed by atoms with E-state index in [1.165, 1.54) is 5.56 Å². The SMILES string of the molecule is CC(C)NC(c1ccc(Br)c(Br)c1)c1nccs1. The first-order valence-electron chi connectivity index (χ1n) is 5.68. The average molecular weight is 390 g/mol. The Bertz CT molecular complexity index is 512. The molecule has 1 aromatic carbocycles. The Hall–Kier alpha value is -0.230. The predicted molar refractivity (Wildman–Crippen MR) is 84.1 cm³/mol. The van der Waals surface area contributed by atoms with E-state index in [1.54, 1.807) is 11.3 Å². The summed E-state index contributed by atoms with van der Waals surface area (Å²) < 4.78 is 2.13. The minimum atomic E-state index is 0.148. The van der Waals surface area contributed by atoms with Crippen LogP contribution in [0.3, 0.4) is 0 Å². The van der Waals surface area contributed by atoms with Crippen LogP contribution in [-0.4, -0.2) is 11.0 Å². The number of hydrogen-bond acceptors (Lipinski definition) is 3. The second-order valence-electron chi connectivity index (χ2n) is 4.30. The first kappa shape index (κ1) is 14.2. The maximum absolute atomic E-state index is 4.43. The number of nitrogens with zero attached hydrogens (tertiary/aromatic N) is 1. The van der Waals surface area contributed by atoms with Gasteiger partial charge in [0.2, 0.25) is 0 Å². The highest BCUT2D eigenvalue weighted by atomic mass is 79.9. The molecule has 0 bridgehead atoms. The van der Waals surface area contributed by atoms with E-state index >= 15 is 0 Å². The van der Waals surface area contributed by atoms with Crippen LogP contribution in [0, 0.1) is 0 Å². The van der Waals surface area contributed by atoms with E-state index in [4.69, 9.17) is 0 Å². The summed E-state index contributed by atoms with van der Waals surface area (Å²) in [6.07, 6.45) is 1.85. The van der Waals surface area contributed by atoms with Crippen LogP contribution < -0.4 is 5.32 Å². The van der Waals surface area contributed by atoms with E-state index < -0.39 is 0 Å². The second kappa shape index (κ2) is 6.28. The van der Waals surface area contributed by atoms with Crippen molar-refractivity contribution in [3.05, 3.63) is 49.3 Å². The molecular weight excluding hydrogens is 376 g/mol. The summed E-state index contributed by atoms with van der Waals surface area (Å²) in [5.74, 6) is 0. The van der Waals surface area contributed by atoms with E-state index in [-0.39, 0.29) is 6.04 Å². The number of nitrogens with one attached hydrogen (secondary N) is 1. The zero-order chi connectivity index (χ0) is 13.1. The average Bonchev–Trinajstić information content (AvgIpc) is 2.83. The first-order chi connectivity index (χ1) is 8.58. The summed E-state index contributed by atoms with van der Waals surface area (Å²) in [7, 11) is 0. The Morgan fingerprint density at radius 2 is 2.00 bits per heavy atom. The molecule has 2 rings (SSSR count). The lowest BCUT2D eigenvalue weighted by Crippen LogP contribution is -2.28. The van der Waals surface area contributed by atoms with Crippen LogP contribution in [0.2, 0.25) is 0 Å². The Morgan fingerprint density at radius 1 is 1.22 bits per heavy atom. The van der Waals surface area contributed by atoms with Gasteiger partial charge in [0.15, 0.2) is 0 Å². The molecule has 0 saturated heterocycles. The van der Waals surface area contributed by atoms with Crippen molar-refractivity contribution in [1.29, 1.82) is 0 Å². The van der Waals surface area contributed by atoms with Crippen molar-refractivity contribution in [3.63, 3.8) is 0 Å². The van der Waals surface area contributed by atoms with Crippen LogP contribution >= 0.6 is 43.2 Å². The Labute approximate surface area is 128 Å². The number of benzene rings is 1. The summed E-state index contributed by atoms with van der Waals surface area (Å²) in [4.78, 5) is 4.43. The molecule has 0 aliphatic rings. The molecule has 0 saturated carbocycles. The Kier molecular flexibility index (Phi) is 4.95. The van der Waals surface area contributed by atoms with E-state index in [0.29, 0.717) is 6.04 Å². The third-order valence-corrected chi connectivity index (χ3v) is 5.20. The summed E-state index contributed by atoms with van der Waals surface area (Å²) in [6, 6.07) is 6.86. The molecule has 0 amide bonds. The number of rotatable bonds is 4. The maximum atomic E-state index is 4.43. The molecule has 0 aliphatic heterocycles. The zero-order valence-electron chi connectivity index (χ0n) is 10.2. The van der Waals surface area contributed by atoms with Crippen LogP contribution in [0.5, 0.6) is 0 Å². The standard InChI is InChI=1S/C13H14Br2N2S/c1-8(2)17-12(13-16-5-6-18-13)9-3-4-10(14)11(15)7-9/h3-8,12,17H,1-2H3. The summed E-state index contributed by atoms with van der Waals surface area (Å²) >= 11 is 8.73. The molecule has 2 aromatic rings. The van der Waals surface area contributed by atoms with Crippen molar-refractivity contribution in [1.82, 2.24) is 10.3 Å². The normalized spacial score (nSPS) is 12.9. The monoisotopic (exact) mass is 388 g/mol. The van der Waals surface area contributed by atoms with Crippen LogP contribution in [0.4, 0.5) is 0 Å². The van der Waals surface area contributed by atoms with Crippen molar-refractivity contribution in [2.24, 2.45) is 0 Å². The number of hydrogen-bond donors (Lipinski definition) is 1. The van der Waals surface area contributed by atoms with Crippen molar-refractivity contribution < 1.29 is 0 Å². The zero-order valence-corrected chi connectivity index (χ0v) is 14.1. The molecule has 1 aromatic heterocycles. The van der Waals surface area contributed by atoms with Gasteiger partial charge < -0.3 is 5.32 Å². The summed E-state index contributed by atoms with van der Waals surface area (Å²) in [6.45, 7) is 4.29. The van der Waals surface area contributed by atoms with Gasteiger partial charge in [0.1, 0.15) is 5.01 Å². The number of aromatic nitrogens is 1. The fourth-order valence-corrected chi connectivity index (χ4v) is 3.08. The molecule has 1 heterocycles. The lowest BCUT2D eigenvalue weighted by atomic mass is 10.1. The van der Waals surface area contributed by atoms with Gasteiger partial charge in [-0.05, 0) is 63.4 Å². The minimum Gasteiger partial charge on any atom is -0.302 e. The van der Waals surface area contributed by atoms with E-state index in [0.717, 1.165) is 14.0 Å². The van der Waals surface area contributed by atoms with E-state index in [2.05, 4.69) is 74.2 Å². The molecule has 0 radical (unpaired) electrons. The topological polar surface area (TPSA) is 24.9 Å². The van der Waals surface area contributed by atoms with Gasteiger partial charge in [-0.15, -0.1) is 11.3 Å². The highest BCUT2D eigenvalue weighted by Gasteiger charge is 2.18. The molecule has 0 fully saturated rings. The van der Waals surface area contributed by atoms with Gasteiger partial charge in [0.05, 0.1) is 6.04 Å². The highest BCUT2D eigenvalue weighted by molar-refractivity contribution is 9.13. The molecular formula is C13H14Br2N2S. The lowest BCUT2D eigenvalue weighted by Gasteiger charge is -2.20. The Morgan fingerprint density at radius 3 is 2.56 bits per heavy atom. The van der Waals surface area contributed by atoms with Crippen LogP contribution in [0.15, 0.2) is 38.7 Å². The van der Waals surface area contributed by atoms with Gasteiger partial charge in [0, 0.05) is 26.6 Å². The van der Waals surface area contributed by atoms with Crippen molar-refractivity contribution in [2.75, 3.05) is 0 Å². The van der Waals surface area contributed by atoms with Gasteiger partial charge in [-0.3, -0.25) is 0 Å². The fourth-order valence-electron chi connectivity index (χ4n) is 1.71. The van der Waals surface area contributed by atoms with Crippen molar-refractivity contribution in [2.45, 2.75) is 25.9 Å². The Balaban J connectivity index is 2.36. The smallest absolute Gasteiger partial charge is 0.114 e. The maximum Gasteiger partial charge on any atom is 0.114 e. The lowest BCUT2D eigenvalue weighted by molar-refractivity contribution is 0.527. The van der Waals surface area contributed by atoms with E-state index in [1.807, 2.05) is 11.6 Å². The fraction of sp³-hybridized carbons (Fsp3) is 0.308. The first-order valence-corrected chi connectivity index (χ1v) is 8.15. The van der Waals surface area contributed by atoms with Crippen molar-refractivity contribution in [3.8, 4) is 0 Å². The quantitative estimate of drug-likeness (QED) is 0.815. The van der Waals surface area contributed by atoms with Gasteiger partial charge in [-0.1, -0.05) is 6.07 Å². The molecule has 5 heteroatoms. The molecule has 2 nitrogen and oxygen atoms in total. The van der Waals surface area contributed by atoms with Crippen LogP contribution in [0.25, 0.3) is 0 Å². The second-order valence-corrected chi connectivity index (χ2v) is 6.93. The minimum absolute atomic E-state index is 0.148.